The van der Waals surface area contributed by atoms with Crippen molar-refractivity contribution in [2.75, 3.05) is 13.7 Å². The van der Waals surface area contributed by atoms with Crippen molar-refractivity contribution in [3.8, 4) is 0 Å². The van der Waals surface area contributed by atoms with Crippen LogP contribution in [0.5, 0.6) is 0 Å². The number of fused-ring (bicyclic) bond motifs is 2. The van der Waals surface area contributed by atoms with Gasteiger partial charge in [-0.2, -0.15) is 0 Å². The van der Waals surface area contributed by atoms with E-state index in [0.717, 1.165) is 31.5 Å². The zero-order valence-corrected chi connectivity index (χ0v) is 16.9. The summed E-state index contributed by atoms with van der Waals surface area (Å²) >= 11 is 0. The second-order valence-electron chi connectivity index (χ2n) is 8.31. The molecule has 5 rings (SSSR count). The Morgan fingerprint density at radius 2 is 2.04 bits per heavy atom. The SMILES string of the molecule is CNC(C)c1cc(Cn2cnc3cc4c(cc32)CCC4)ccc1C1CCCO1. The number of benzene rings is 2. The minimum Gasteiger partial charge on any atom is -0.374 e. The maximum Gasteiger partial charge on any atom is 0.0961 e. The summed E-state index contributed by atoms with van der Waals surface area (Å²) in [6.45, 7) is 3.96. The molecular weight excluding hydrogens is 346 g/mol. The van der Waals surface area contributed by atoms with E-state index in [1.165, 1.54) is 52.6 Å². The summed E-state index contributed by atoms with van der Waals surface area (Å²) in [7, 11) is 2.03. The lowest BCUT2D eigenvalue weighted by Gasteiger charge is -2.21. The Hall–Kier alpha value is -2.17. The van der Waals surface area contributed by atoms with Gasteiger partial charge in [-0.3, -0.25) is 0 Å². The lowest BCUT2D eigenvalue weighted by Crippen LogP contribution is -2.16. The van der Waals surface area contributed by atoms with Gasteiger partial charge in [0, 0.05) is 19.2 Å². The molecule has 4 heteroatoms. The van der Waals surface area contributed by atoms with Gasteiger partial charge >= 0.3 is 0 Å². The van der Waals surface area contributed by atoms with Crippen molar-refractivity contribution in [1.29, 1.82) is 0 Å². The molecule has 1 aromatic heterocycles. The van der Waals surface area contributed by atoms with E-state index in [9.17, 15) is 0 Å². The molecule has 0 bridgehead atoms. The van der Waals surface area contributed by atoms with E-state index in [1.54, 1.807) is 0 Å². The highest BCUT2D eigenvalue weighted by atomic mass is 16.5. The summed E-state index contributed by atoms with van der Waals surface area (Å²) in [4.78, 5) is 4.68. The van der Waals surface area contributed by atoms with E-state index in [0.29, 0.717) is 6.04 Å². The maximum absolute atomic E-state index is 5.98. The molecule has 0 spiro atoms. The van der Waals surface area contributed by atoms with Gasteiger partial charge in [0.05, 0.1) is 23.5 Å². The highest BCUT2D eigenvalue weighted by molar-refractivity contribution is 5.78. The number of aryl methyl sites for hydroxylation is 2. The summed E-state index contributed by atoms with van der Waals surface area (Å²) in [5.74, 6) is 0. The Morgan fingerprint density at radius 1 is 1.18 bits per heavy atom. The number of hydrogen-bond acceptors (Lipinski definition) is 3. The molecule has 1 fully saturated rings. The summed E-state index contributed by atoms with van der Waals surface area (Å²) in [5, 5.41) is 3.41. The van der Waals surface area contributed by atoms with Crippen LogP contribution < -0.4 is 5.32 Å². The Bertz CT molecular complexity index is 1000. The predicted molar refractivity (Wildman–Crippen MR) is 113 cm³/mol. The van der Waals surface area contributed by atoms with Crippen LogP contribution in [-0.2, 0) is 24.1 Å². The molecule has 2 aliphatic rings. The standard InChI is InChI=1S/C24H29N3O/c1-16(25-2)21-11-17(8-9-20(21)24-7-4-10-28-24)14-27-15-26-22-12-18-5-3-6-19(18)13-23(22)27/h8-9,11-13,15-16,24-25H,3-7,10,14H2,1-2H3. The van der Waals surface area contributed by atoms with Gasteiger partial charge in [-0.1, -0.05) is 18.2 Å². The first-order valence-electron chi connectivity index (χ1n) is 10.6. The molecule has 4 nitrogen and oxygen atoms in total. The molecule has 1 aliphatic heterocycles. The van der Waals surface area contributed by atoms with Gasteiger partial charge in [0.25, 0.3) is 0 Å². The summed E-state index contributed by atoms with van der Waals surface area (Å²) in [6, 6.07) is 11.9. The Kier molecular flexibility index (Phi) is 4.69. The minimum atomic E-state index is 0.247. The van der Waals surface area contributed by atoms with Crippen molar-refractivity contribution in [3.05, 3.63) is 64.5 Å². The summed E-state index contributed by atoms with van der Waals surface area (Å²) in [6.07, 6.45) is 8.21. The fourth-order valence-electron chi connectivity index (χ4n) is 4.82. The Balaban J connectivity index is 1.49. The number of rotatable bonds is 5. The largest absolute Gasteiger partial charge is 0.374 e. The van der Waals surface area contributed by atoms with Gasteiger partial charge < -0.3 is 14.6 Å². The molecule has 2 heterocycles. The quantitative estimate of drug-likeness (QED) is 0.702. The average molecular weight is 376 g/mol. The lowest BCUT2D eigenvalue weighted by atomic mass is 9.94. The molecule has 28 heavy (non-hydrogen) atoms. The molecule has 3 aromatic rings. The first-order chi connectivity index (χ1) is 13.7. The van der Waals surface area contributed by atoms with Crippen molar-refractivity contribution < 1.29 is 4.74 Å². The normalized spacial score (nSPS) is 20.0. The molecule has 2 aromatic carbocycles. The summed E-state index contributed by atoms with van der Waals surface area (Å²) in [5.41, 5.74) is 9.40. The van der Waals surface area contributed by atoms with Crippen molar-refractivity contribution in [2.24, 2.45) is 0 Å². The van der Waals surface area contributed by atoms with Crippen molar-refractivity contribution in [1.82, 2.24) is 14.9 Å². The van der Waals surface area contributed by atoms with Gasteiger partial charge in [-0.05, 0) is 86.0 Å². The highest BCUT2D eigenvalue weighted by Crippen LogP contribution is 2.34. The number of hydrogen-bond donors (Lipinski definition) is 1. The molecule has 2 atom stereocenters. The topological polar surface area (TPSA) is 39.1 Å². The average Bonchev–Trinajstić information content (AvgIpc) is 3.47. The maximum atomic E-state index is 5.98. The first kappa shape index (κ1) is 17.9. The Morgan fingerprint density at radius 3 is 2.82 bits per heavy atom. The van der Waals surface area contributed by atoms with Crippen LogP contribution in [0, 0.1) is 0 Å². The molecule has 2 unspecified atom stereocenters. The predicted octanol–water partition coefficient (Wildman–Crippen LogP) is 4.71. The fraction of sp³-hybridized carbons (Fsp3) is 0.458. The van der Waals surface area contributed by atoms with Crippen LogP contribution in [0.25, 0.3) is 11.0 Å². The molecule has 146 valence electrons. The monoisotopic (exact) mass is 375 g/mol. The van der Waals surface area contributed by atoms with Gasteiger partial charge in [-0.15, -0.1) is 0 Å². The molecule has 0 radical (unpaired) electrons. The number of nitrogens with one attached hydrogen (secondary N) is 1. The van der Waals surface area contributed by atoms with E-state index >= 15 is 0 Å². The Labute approximate surface area is 166 Å². The van der Waals surface area contributed by atoms with Crippen LogP contribution in [0.3, 0.4) is 0 Å². The van der Waals surface area contributed by atoms with Crippen LogP contribution in [0.4, 0.5) is 0 Å². The lowest BCUT2D eigenvalue weighted by molar-refractivity contribution is 0.111. The number of ether oxygens (including phenoxy) is 1. The molecule has 1 N–H and O–H groups in total. The van der Waals surface area contributed by atoms with Gasteiger partial charge in [0.2, 0.25) is 0 Å². The van der Waals surface area contributed by atoms with Gasteiger partial charge in [0.15, 0.2) is 0 Å². The van der Waals surface area contributed by atoms with Crippen molar-refractivity contribution in [3.63, 3.8) is 0 Å². The molecule has 0 amide bonds. The third-order valence-electron chi connectivity index (χ3n) is 6.51. The van der Waals surface area contributed by atoms with Crippen LogP contribution in [0.15, 0.2) is 36.7 Å². The van der Waals surface area contributed by atoms with E-state index < -0.39 is 0 Å². The fourth-order valence-corrected chi connectivity index (χ4v) is 4.82. The summed E-state index contributed by atoms with van der Waals surface area (Å²) < 4.78 is 8.27. The van der Waals surface area contributed by atoms with Gasteiger partial charge in [-0.25, -0.2) is 4.98 Å². The van der Waals surface area contributed by atoms with E-state index in [4.69, 9.17) is 4.74 Å². The van der Waals surface area contributed by atoms with Crippen LogP contribution >= 0.6 is 0 Å². The number of imidazole rings is 1. The molecular formula is C24H29N3O. The zero-order chi connectivity index (χ0) is 19.1. The number of nitrogens with zero attached hydrogens (tertiary/aromatic N) is 2. The third kappa shape index (κ3) is 3.15. The van der Waals surface area contributed by atoms with Crippen molar-refractivity contribution >= 4 is 11.0 Å². The van der Waals surface area contributed by atoms with Crippen LogP contribution in [0.2, 0.25) is 0 Å². The molecule has 1 aliphatic carbocycles. The third-order valence-corrected chi connectivity index (χ3v) is 6.51. The highest BCUT2D eigenvalue weighted by Gasteiger charge is 2.23. The van der Waals surface area contributed by atoms with Crippen molar-refractivity contribution in [2.45, 2.75) is 57.7 Å². The molecule has 0 saturated carbocycles. The molecule has 1 saturated heterocycles. The van der Waals surface area contributed by atoms with Crippen LogP contribution in [-0.4, -0.2) is 23.2 Å². The first-order valence-corrected chi connectivity index (χ1v) is 10.6. The zero-order valence-electron chi connectivity index (χ0n) is 16.9. The minimum absolute atomic E-state index is 0.247. The second-order valence-corrected chi connectivity index (χ2v) is 8.31. The van der Waals surface area contributed by atoms with E-state index in [-0.39, 0.29) is 6.10 Å². The smallest absolute Gasteiger partial charge is 0.0961 e. The van der Waals surface area contributed by atoms with Gasteiger partial charge in [0.1, 0.15) is 0 Å². The van der Waals surface area contributed by atoms with E-state index in [2.05, 4.69) is 52.1 Å². The second kappa shape index (κ2) is 7.34. The van der Waals surface area contributed by atoms with Crippen LogP contribution in [0.1, 0.15) is 66.1 Å². The number of aromatic nitrogens is 2. The van der Waals surface area contributed by atoms with E-state index in [1.807, 2.05) is 13.4 Å².